The molecule has 3 heterocycles. The first-order chi connectivity index (χ1) is 13.3. The summed E-state index contributed by atoms with van der Waals surface area (Å²) in [5, 5.41) is 4.58. The van der Waals surface area contributed by atoms with Crippen LogP contribution in [0.5, 0.6) is 0 Å². The molecule has 1 fully saturated rings. The zero-order valence-corrected chi connectivity index (χ0v) is 18.2. The van der Waals surface area contributed by atoms with Crippen LogP contribution < -0.4 is 5.32 Å². The summed E-state index contributed by atoms with van der Waals surface area (Å²) in [6, 6.07) is 0. The van der Waals surface area contributed by atoms with Gasteiger partial charge in [0.25, 0.3) is 5.91 Å². The van der Waals surface area contributed by atoms with Gasteiger partial charge in [-0.1, -0.05) is 45.9 Å². The molecular weight excluding hydrogens is 354 g/mol. The summed E-state index contributed by atoms with van der Waals surface area (Å²) in [5.74, 6) is 0.666. The number of carbonyl (C=O) groups is 1. The molecule has 1 aromatic heterocycles. The third-order valence-corrected chi connectivity index (χ3v) is 6.22. The Morgan fingerprint density at radius 2 is 1.93 bits per heavy atom. The fourth-order valence-corrected chi connectivity index (χ4v) is 4.81. The van der Waals surface area contributed by atoms with Crippen LogP contribution in [0, 0.1) is 0 Å². The molecule has 1 N–H and O–H groups in total. The van der Waals surface area contributed by atoms with Crippen LogP contribution in [0.2, 0.25) is 0 Å². The molecule has 4 nitrogen and oxygen atoms in total. The van der Waals surface area contributed by atoms with Crippen molar-refractivity contribution in [3.63, 3.8) is 0 Å². The number of nitrogens with one attached hydrogen (secondary N) is 1. The Hall–Kier alpha value is -1.46. The van der Waals surface area contributed by atoms with Gasteiger partial charge in [0, 0.05) is 30.3 Å². The highest BCUT2D eigenvalue weighted by atomic mass is 32.1. The van der Waals surface area contributed by atoms with Gasteiger partial charge in [0.2, 0.25) is 0 Å². The second kappa shape index (κ2) is 11.4. The maximum absolute atomic E-state index is 12.8. The number of fused-ring (bicyclic) bond motifs is 1. The number of hydrogen-bond donors (Lipinski definition) is 1. The molecule has 3 aliphatic rings. The zero-order valence-electron chi connectivity index (χ0n) is 17.4. The number of amides is 1. The molecular formula is C22H35N3OS. The van der Waals surface area contributed by atoms with Crippen LogP contribution in [0.15, 0.2) is 23.8 Å². The zero-order chi connectivity index (χ0) is 19.6. The molecule has 0 spiro atoms. The summed E-state index contributed by atoms with van der Waals surface area (Å²) in [7, 11) is 0. The molecule has 1 aromatic rings. The minimum absolute atomic E-state index is 0.127. The van der Waals surface area contributed by atoms with Crippen molar-refractivity contribution >= 4 is 17.2 Å². The highest BCUT2D eigenvalue weighted by Crippen LogP contribution is 2.33. The Kier molecular flexibility index (Phi) is 9.22. The van der Waals surface area contributed by atoms with Gasteiger partial charge in [-0.25, -0.2) is 4.98 Å². The number of rotatable bonds is 3. The van der Waals surface area contributed by atoms with E-state index in [1.54, 1.807) is 11.3 Å². The average molecular weight is 390 g/mol. The molecule has 1 saturated heterocycles. The van der Waals surface area contributed by atoms with E-state index >= 15 is 0 Å². The number of hydrogen-bond acceptors (Lipinski definition) is 4. The van der Waals surface area contributed by atoms with Crippen molar-refractivity contribution < 1.29 is 4.79 Å². The number of nitrogens with zero attached hydrogens (tertiary/aromatic N) is 2. The van der Waals surface area contributed by atoms with Crippen molar-refractivity contribution in [1.82, 2.24) is 15.2 Å². The first-order valence-electron chi connectivity index (χ1n) is 10.7. The van der Waals surface area contributed by atoms with Crippen molar-refractivity contribution in [2.45, 2.75) is 65.7 Å². The minimum Gasteiger partial charge on any atom is -0.333 e. The third kappa shape index (κ3) is 5.52. The molecule has 2 aliphatic heterocycles. The van der Waals surface area contributed by atoms with Crippen molar-refractivity contribution in [2.75, 3.05) is 26.2 Å². The van der Waals surface area contributed by atoms with E-state index < -0.39 is 0 Å². The summed E-state index contributed by atoms with van der Waals surface area (Å²) in [4.78, 5) is 20.7. The maximum Gasteiger partial charge on any atom is 0.273 e. The summed E-state index contributed by atoms with van der Waals surface area (Å²) in [5.41, 5.74) is 2.00. The molecule has 27 heavy (non-hydrogen) atoms. The monoisotopic (exact) mass is 389 g/mol. The quantitative estimate of drug-likeness (QED) is 0.796. The van der Waals surface area contributed by atoms with Gasteiger partial charge in [0.05, 0.1) is 5.01 Å². The second-order valence-corrected chi connectivity index (χ2v) is 7.70. The fraction of sp³-hybridized carbons (Fsp3) is 0.636. The van der Waals surface area contributed by atoms with Crippen LogP contribution in [0.3, 0.4) is 0 Å². The van der Waals surface area contributed by atoms with E-state index in [1.807, 2.05) is 32.6 Å². The van der Waals surface area contributed by atoms with E-state index in [9.17, 15) is 4.79 Å². The van der Waals surface area contributed by atoms with Gasteiger partial charge in [-0.05, 0) is 44.3 Å². The minimum atomic E-state index is 0.127. The highest BCUT2D eigenvalue weighted by molar-refractivity contribution is 7.12. The number of allylic oxidation sites excluding steroid dienone is 2. The predicted molar refractivity (Wildman–Crippen MR) is 116 cm³/mol. The van der Waals surface area contributed by atoms with Crippen LogP contribution in [-0.2, 0) is 6.42 Å². The second-order valence-electron chi connectivity index (χ2n) is 6.58. The standard InChI is InChI=1S/C18H23N3OS.2C2H6/c22-18-16-15(23-17(20-16)14-6-9-19-10-7-14)8-11-21(18)12-13-4-2-1-3-5-13;2*1-2/h2,4-5,14,19H,1,3,6-12H2;2*1-2H3. The fourth-order valence-electron chi connectivity index (χ4n) is 3.59. The molecule has 0 radical (unpaired) electrons. The number of carbonyl (C=O) groups excluding carboxylic acids is 1. The van der Waals surface area contributed by atoms with Gasteiger partial charge in [0.1, 0.15) is 5.69 Å². The van der Waals surface area contributed by atoms with Gasteiger partial charge in [-0.3, -0.25) is 4.79 Å². The first-order valence-corrected chi connectivity index (χ1v) is 11.5. The molecule has 150 valence electrons. The molecule has 5 heteroatoms. The Balaban J connectivity index is 0.000000614. The van der Waals surface area contributed by atoms with Crippen LogP contribution in [-0.4, -0.2) is 42.0 Å². The lowest BCUT2D eigenvalue weighted by atomic mass is 9.99. The normalized spacial score (nSPS) is 19.3. The summed E-state index contributed by atoms with van der Waals surface area (Å²) >= 11 is 1.78. The largest absolute Gasteiger partial charge is 0.333 e. The van der Waals surface area contributed by atoms with Crippen LogP contribution in [0.4, 0.5) is 0 Å². The van der Waals surface area contributed by atoms with Crippen LogP contribution >= 0.6 is 11.3 Å². The average Bonchev–Trinajstić information content (AvgIpc) is 3.20. The van der Waals surface area contributed by atoms with E-state index in [1.165, 1.54) is 15.5 Å². The maximum atomic E-state index is 12.8. The number of aromatic nitrogens is 1. The van der Waals surface area contributed by atoms with E-state index in [0.29, 0.717) is 5.92 Å². The number of piperidine rings is 1. The van der Waals surface area contributed by atoms with E-state index in [0.717, 1.165) is 64.0 Å². The van der Waals surface area contributed by atoms with Crippen molar-refractivity contribution in [2.24, 2.45) is 0 Å². The Bertz CT molecular complexity index is 657. The van der Waals surface area contributed by atoms with Crippen LogP contribution in [0.1, 0.15) is 79.7 Å². The number of thiazole rings is 1. The van der Waals surface area contributed by atoms with Gasteiger partial charge >= 0.3 is 0 Å². The van der Waals surface area contributed by atoms with Gasteiger partial charge in [0.15, 0.2) is 0 Å². The molecule has 0 aromatic carbocycles. The van der Waals surface area contributed by atoms with Crippen molar-refractivity contribution in [3.8, 4) is 0 Å². The highest BCUT2D eigenvalue weighted by Gasteiger charge is 2.30. The van der Waals surface area contributed by atoms with Gasteiger partial charge < -0.3 is 10.2 Å². The summed E-state index contributed by atoms with van der Waals surface area (Å²) in [6.45, 7) is 11.7. The lowest BCUT2D eigenvalue weighted by Gasteiger charge is -2.26. The smallest absolute Gasteiger partial charge is 0.273 e. The molecule has 1 aliphatic carbocycles. The summed E-state index contributed by atoms with van der Waals surface area (Å²) < 4.78 is 0. The Morgan fingerprint density at radius 1 is 1.19 bits per heavy atom. The van der Waals surface area contributed by atoms with E-state index in [-0.39, 0.29) is 5.91 Å². The topological polar surface area (TPSA) is 45.2 Å². The van der Waals surface area contributed by atoms with Crippen molar-refractivity contribution in [3.05, 3.63) is 39.4 Å². The van der Waals surface area contributed by atoms with E-state index in [2.05, 4.69) is 23.5 Å². The molecule has 1 amide bonds. The molecule has 0 atom stereocenters. The molecule has 0 bridgehead atoms. The Labute approximate surface area is 168 Å². The Morgan fingerprint density at radius 3 is 2.59 bits per heavy atom. The predicted octanol–water partition coefficient (Wildman–Crippen LogP) is 4.94. The third-order valence-electron chi connectivity index (χ3n) is 4.95. The lowest BCUT2D eigenvalue weighted by molar-refractivity contribution is 0.0751. The summed E-state index contributed by atoms with van der Waals surface area (Å²) in [6.07, 6.45) is 12.1. The molecule has 0 saturated carbocycles. The van der Waals surface area contributed by atoms with Crippen LogP contribution in [0.25, 0.3) is 0 Å². The van der Waals surface area contributed by atoms with Crippen molar-refractivity contribution in [1.29, 1.82) is 0 Å². The van der Waals surface area contributed by atoms with E-state index in [4.69, 9.17) is 4.98 Å². The lowest BCUT2D eigenvalue weighted by Crippen LogP contribution is -2.38. The van der Waals surface area contributed by atoms with Gasteiger partial charge in [-0.15, -0.1) is 11.3 Å². The molecule has 4 rings (SSSR count). The van der Waals surface area contributed by atoms with Gasteiger partial charge in [-0.2, -0.15) is 0 Å². The molecule has 0 unspecified atom stereocenters. The SMILES string of the molecule is CC.CC.O=C1c2nc(C3CCNCC3)sc2CCN1CC1=CCCC=C1. The first kappa shape index (κ1) is 21.8.